The number of rotatable bonds is 4. The molecule has 1 aromatic rings. The summed E-state index contributed by atoms with van der Waals surface area (Å²) >= 11 is 1.60. The molecule has 1 aliphatic carbocycles. The molecule has 1 N–H and O–H groups in total. The van der Waals surface area contributed by atoms with Crippen molar-refractivity contribution >= 4 is 27.7 Å². The second kappa shape index (κ2) is 5.41. The highest BCUT2D eigenvalue weighted by molar-refractivity contribution is 7.99. The first-order valence-corrected chi connectivity index (χ1v) is 9.45. The van der Waals surface area contributed by atoms with Gasteiger partial charge in [-0.1, -0.05) is 24.6 Å². The SMILES string of the molecule is O=C(NS(=O)(=O)CC1CCC1)[C@H]1CSc2ccccc21. The van der Waals surface area contributed by atoms with Gasteiger partial charge in [0.25, 0.3) is 0 Å². The first kappa shape index (κ1) is 13.9. The zero-order chi connectivity index (χ0) is 14.2. The molecule has 0 unspecified atom stereocenters. The van der Waals surface area contributed by atoms with E-state index in [1.165, 1.54) is 0 Å². The number of carbonyl (C=O) groups excluding carboxylic acids is 1. The third-order valence-electron chi connectivity index (χ3n) is 3.95. The van der Waals surface area contributed by atoms with Crippen molar-refractivity contribution in [3.05, 3.63) is 29.8 Å². The van der Waals surface area contributed by atoms with E-state index in [1.54, 1.807) is 11.8 Å². The molecule has 1 amide bonds. The van der Waals surface area contributed by atoms with E-state index in [9.17, 15) is 13.2 Å². The molecular weight excluding hydrogens is 294 g/mol. The van der Waals surface area contributed by atoms with Crippen molar-refractivity contribution < 1.29 is 13.2 Å². The number of sulfonamides is 1. The van der Waals surface area contributed by atoms with Gasteiger partial charge >= 0.3 is 0 Å². The van der Waals surface area contributed by atoms with E-state index in [0.717, 1.165) is 29.7 Å². The molecule has 0 aromatic heterocycles. The van der Waals surface area contributed by atoms with Crippen LogP contribution in [0.15, 0.2) is 29.2 Å². The average Bonchev–Trinajstić information content (AvgIpc) is 2.77. The van der Waals surface area contributed by atoms with Gasteiger partial charge in [0.05, 0.1) is 11.7 Å². The summed E-state index contributed by atoms with van der Waals surface area (Å²) in [5.41, 5.74) is 0.939. The number of amides is 1. The van der Waals surface area contributed by atoms with Crippen molar-refractivity contribution in [2.75, 3.05) is 11.5 Å². The summed E-state index contributed by atoms with van der Waals surface area (Å²) in [6, 6.07) is 7.68. The normalized spacial score (nSPS) is 22.1. The van der Waals surface area contributed by atoms with Gasteiger partial charge in [0.15, 0.2) is 0 Å². The first-order chi connectivity index (χ1) is 9.55. The predicted octanol–water partition coefficient (Wildman–Crippen LogP) is 2.12. The van der Waals surface area contributed by atoms with E-state index in [2.05, 4.69) is 4.72 Å². The lowest BCUT2D eigenvalue weighted by Crippen LogP contribution is -2.39. The Hall–Kier alpha value is -1.01. The second-order valence-corrected chi connectivity index (χ2v) is 8.27. The minimum Gasteiger partial charge on any atom is -0.273 e. The molecule has 108 valence electrons. The Kier molecular flexibility index (Phi) is 3.77. The molecule has 0 saturated heterocycles. The van der Waals surface area contributed by atoms with Gasteiger partial charge in [-0.3, -0.25) is 9.52 Å². The van der Waals surface area contributed by atoms with Crippen molar-refractivity contribution in [2.45, 2.75) is 30.1 Å². The highest BCUT2D eigenvalue weighted by Crippen LogP contribution is 2.39. The fourth-order valence-electron chi connectivity index (χ4n) is 2.62. The molecule has 3 rings (SSSR count). The Morgan fingerprint density at radius 2 is 2.05 bits per heavy atom. The zero-order valence-corrected chi connectivity index (χ0v) is 12.7. The van der Waals surface area contributed by atoms with Crippen molar-refractivity contribution in [3.8, 4) is 0 Å². The fraction of sp³-hybridized carbons (Fsp3) is 0.500. The van der Waals surface area contributed by atoms with Crippen molar-refractivity contribution in [1.29, 1.82) is 0 Å². The molecule has 4 nitrogen and oxygen atoms in total. The van der Waals surface area contributed by atoms with E-state index in [4.69, 9.17) is 0 Å². The van der Waals surface area contributed by atoms with Crippen molar-refractivity contribution in [1.82, 2.24) is 4.72 Å². The predicted molar refractivity (Wildman–Crippen MR) is 79.2 cm³/mol. The third-order valence-corrected chi connectivity index (χ3v) is 6.56. The maximum Gasteiger partial charge on any atom is 0.241 e. The number of thioether (sulfide) groups is 1. The van der Waals surface area contributed by atoms with Crippen LogP contribution in [0.2, 0.25) is 0 Å². The Labute approximate surface area is 123 Å². The van der Waals surface area contributed by atoms with Gasteiger partial charge in [-0.2, -0.15) is 0 Å². The summed E-state index contributed by atoms with van der Waals surface area (Å²) in [5, 5.41) is 0. The molecule has 20 heavy (non-hydrogen) atoms. The maximum absolute atomic E-state index is 12.2. The van der Waals surface area contributed by atoms with Crippen LogP contribution >= 0.6 is 11.8 Å². The molecule has 1 heterocycles. The number of hydrogen-bond acceptors (Lipinski definition) is 4. The van der Waals surface area contributed by atoms with Crippen LogP contribution in [0.25, 0.3) is 0 Å². The number of nitrogens with one attached hydrogen (secondary N) is 1. The molecule has 1 aliphatic heterocycles. The van der Waals surface area contributed by atoms with Gasteiger partial charge in [0.2, 0.25) is 15.9 Å². The second-order valence-electron chi connectivity index (χ2n) is 5.45. The maximum atomic E-state index is 12.2. The van der Waals surface area contributed by atoms with Crippen LogP contribution in [0.3, 0.4) is 0 Å². The van der Waals surface area contributed by atoms with Crippen LogP contribution in [0.1, 0.15) is 30.7 Å². The summed E-state index contributed by atoms with van der Waals surface area (Å²) in [5.74, 6) is 0.185. The van der Waals surface area contributed by atoms with Crippen molar-refractivity contribution in [3.63, 3.8) is 0 Å². The van der Waals surface area contributed by atoms with E-state index < -0.39 is 10.0 Å². The highest BCUT2D eigenvalue weighted by Gasteiger charge is 2.32. The smallest absolute Gasteiger partial charge is 0.241 e. The molecule has 1 aromatic carbocycles. The van der Waals surface area contributed by atoms with E-state index in [-0.39, 0.29) is 23.5 Å². The van der Waals surface area contributed by atoms with Gasteiger partial charge in [0, 0.05) is 10.6 Å². The molecule has 0 bridgehead atoms. The summed E-state index contributed by atoms with van der Waals surface area (Å²) in [6.45, 7) is 0. The molecule has 2 aliphatic rings. The van der Waals surface area contributed by atoms with Crippen LogP contribution in [-0.4, -0.2) is 25.8 Å². The van der Waals surface area contributed by atoms with Crippen molar-refractivity contribution in [2.24, 2.45) is 5.92 Å². The number of fused-ring (bicyclic) bond motifs is 1. The van der Waals surface area contributed by atoms with Gasteiger partial charge in [-0.15, -0.1) is 11.8 Å². The topological polar surface area (TPSA) is 63.2 Å². The Morgan fingerprint density at radius 1 is 1.30 bits per heavy atom. The van der Waals surface area contributed by atoms with E-state index in [1.807, 2.05) is 24.3 Å². The minimum absolute atomic E-state index is 0.0836. The molecular formula is C14H17NO3S2. The standard InChI is InChI=1S/C14H17NO3S2/c16-14(15-20(17,18)9-10-4-3-5-10)12-8-19-13-7-2-1-6-11(12)13/h1-2,6-7,10,12H,3-5,8-9H2,(H,15,16)/t12-/m0/s1. The van der Waals surface area contributed by atoms with Crippen LogP contribution in [0.4, 0.5) is 0 Å². The summed E-state index contributed by atoms with van der Waals surface area (Å²) in [7, 11) is -3.49. The first-order valence-electron chi connectivity index (χ1n) is 6.81. The van der Waals surface area contributed by atoms with Gasteiger partial charge in [0.1, 0.15) is 0 Å². The molecule has 0 spiro atoms. The van der Waals surface area contributed by atoms with Crippen LogP contribution in [0.5, 0.6) is 0 Å². The molecule has 1 fully saturated rings. The lowest BCUT2D eigenvalue weighted by molar-refractivity contribution is -0.120. The summed E-state index contributed by atoms with van der Waals surface area (Å²) < 4.78 is 26.2. The molecule has 6 heteroatoms. The lowest BCUT2D eigenvalue weighted by atomic mass is 9.87. The number of hydrogen-bond donors (Lipinski definition) is 1. The third kappa shape index (κ3) is 2.86. The monoisotopic (exact) mass is 311 g/mol. The Morgan fingerprint density at radius 3 is 2.75 bits per heavy atom. The largest absolute Gasteiger partial charge is 0.273 e. The number of benzene rings is 1. The summed E-state index contributed by atoms with van der Waals surface area (Å²) in [6.07, 6.45) is 3.01. The molecule has 1 atom stereocenters. The zero-order valence-electron chi connectivity index (χ0n) is 11.0. The molecule has 0 radical (unpaired) electrons. The molecule has 1 saturated carbocycles. The van der Waals surface area contributed by atoms with Gasteiger partial charge in [-0.25, -0.2) is 8.42 Å². The quantitative estimate of drug-likeness (QED) is 0.925. The minimum atomic E-state index is -3.49. The Bertz CT molecular complexity index is 623. The van der Waals surface area contributed by atoms with Crippen LogP contribution in [-0.2, 0) is 14.8 Å². The van der Waals surface area contributed by atoms with Gasteiger partial charge in [-0.05, 0) is 30.4 Å². The average molecular weight is 311 g/mol. The van der Waals surface area contributed by atoms with E-state index in [0.29, 0.717) is 5.75 Å². The van der Waals surface area contributed by atoms with Crippen LogP contribution in [0, 0.1) is 5.92 Å². The highest BCUT2D eigenvalue weighted by atomic mass is 32.2. The fourth-order valence-corrected chi connectivity index (χ4v) is 5.33. The van der Waals surface area contributed by atoms with Crippen LogP contribution < -0.4 is 4.72 Å². The lowest BCUT2D eigenvalue weighted by Gasteiger charge is -2.25. The van der Waals surface area contributed by atoms with Gasteiger partial charge < -0.3 is 0 Å². The number of carbonyl (C=O) groups is 1. The Balaban J connectivity index is 1.68. The summed E-state index contributed by atoms with van der Waals surface area (Å²) in [4.78, 5) is 13.3. The van der Waals surface area contributed by atoms with E-state index >= 15 is 0 Å².